The smallest absolute Gasteiger partial charge is 0.252 e. The molecule has 0 fully saturated rings. The van der Waals surface area contributed by atoms with E-state index in [2.05, 4.69) is 10.6 Å². The minimum atomic E-state index is -0.177. The van der Waals surface area contributed by atoms with E-state index in [0.717, 1.165) is 0 Å². The second kappa shape index (κ2) is 8.24. The average molecular weight is 330 g/mol. The van der Waals surface area contributed by atoms with E-state index in [1.165, 1.54) is 18.3 Å². The molecule has 2 aromatic rings. The number of para-hydroxylation sites is 1. The van der Waals surface area contributed by atoms with Gasteiger partial charge in [-0.1, -0.05) is 12.1 Å². The summed E-state index contributed by atoms with van der Waals surface area (Å²) in [5, 5.41) is 9.12. The van der Waals surface area contributed by atoms with Crippen LogP contribution in [0.25, 0.3) is 0 Å². The average Bonchev–Trinajstić information content (AvgIpc) is 3.06. The Morgan fingerprint density at radius 2 is 1.91 bits per heavy atom. The molecule has 0 unspecified atom stereocenters. The van der Waals surface area contributed by atoms with Crippen molar-refractivity contribution < 1.29 is 14.4 Å². The molecule has 1 heterocycles. The summed E-state index contributed by atoms with van der Waals surface area (Å²) in [5.74, 6) is -0.402. The molecule has 0 aliphatic carbocycles. The van der Waals surface area contributed by atoms with Crippen molar-refractivity contribution in [3.8, 4) is 0 Å². The summed E-state index contributed by atoms with van der Waals surface area (Å²) in [6.45, 7) is 1.89. The highest BCUT2D eigenvalue weighted by molar-refractivity contribution is 7.08. The van der Waals surface area contributed by atoms with Crippen LogP contribution in [0, 0.1) is 0 Å². The molecule has 6 heteroatoms. The van der Waals surface area contributed by atoms with Crippen LogP contribution in [0.4, 0.5) is 5.69 Å². The molecule has 23 heavy (non-hydrogen) atoms. The number of carbonyl (C=O) groups is 3. The van der Waals surface area contributed by atoms with Gasteiger partial charge in [0, 0.05) is 29.5 Å². The molecule has 0 spiro atoms. The zero-order chi connectivity index (χ0) is 16.7. The monoisotopic (exact) mass is 330 g/mol. The van der Waals surface area contributed by atoms with E-state index in [1.807, 2.05) is 5.38 Å². The van der Waals surface area contributed by atoms with Crippen molar-refractivity contribution in [2.24, 2.45) is 0 Å². The van der Waals surface area contributed by atoms with Gasteiger partial charge in [-0.3, -0.25) is 14.4 Å². The number of anilines is 1. The van der Waals surface area contributed by atoms with Gasteiger partial charge in [0.1, 0.15) is 0 Å². The van der Waals surface area contributed by atoms with E-state index in [4.69, 9.17) is 0 Å². The molecule has 0 saturated heterocycles. The van der Waals surface area contributed by atoms with Crippen molar-refractivity contribution in [1.82, 2.24) is 5.32 Å². The molecule has 1 aromatic carbocycles. The van der Waals surface area contributed by atoms with E-state index >= 15 is 0 Å². The number of Topliss-reactive ketones (excluding diaryl/α,β-unsaturated/α-hetero) is 1. The van der Waals surface area contributed by atoms with Crippen molar-refractivity contribution in [3.63, 3.8) is 0 Å². The van der Waals surface area contributed by atoms with Crippen LogP contribution >= 0.6 is 11.3 Å². The fourth-order valence-corrected chi connectivity index (χ4v) is 2.69. The van der Waals surface area contributed by atoms with Crippen LogP contribution in [0.5, 0.6) is 0 Å². The Morgan fingerprint density at radius 3 is 2.61 bits per heavy atom. The zero-order valence-corrected chi connectivity index (χ0v) is 13.6. The second-order valence-electron chi connectivity index (χ2n) is 5.02. The third-order valence-corrected chi connectivity index (χ3v) is 3.91. The van der Waals surface area contributed by atoms with Gasteiger partial charge in [-0.25, -0.2) is 0 Å². The predicted molar refractivity (Wildman–Crippen MR) is 91.0 cm³/mol. The lowest BCUT2D eigenvalue weighted by molar-refractivity contribution is -0.116. The van der Waals surface area contributed by atoms with Crippen LogP contribution in [-0.2, 0) is 4.79 Å². The molecule has 2 amide bonds. The first-order chi connectivity index (χ1) is 11.1. The SMILES string of the molecule is CC(=O)c1ccccc1NC(=O)CCCNC(=O)c1ccsc1. The lowest BCUT2D eigenvalue weighted by Crippen LogP contribution is -2.25. The van der Waals surface area contributed by atoms with Gasteiger partial charge in [0.2, 0.25) is 5.91 Å². The number of hydrogen-bond acceptors (Lipinski definition) is 4. The molecule has 2 rings (SSSR count). The van der Waals surface area contributed by atoms with Gasteiger partial charge in [0.25, 0.3) is 5.91 Å². The molecule has 0 radical (unpaired) electrons. The van der Waals surface area contributed by atoms with Crippen molar-refractivity contribution in [3.05, 3.63) is 52.2 Å². The molecule has 0 atom stereocenters. The Balaban J connectivity index is 1.76. The van der Waals surface area contributed by atoms with Gasteiger partial charge in [0.15, 0.2) is 5.78 Å². The predicted octanol–water partition coefficient (Wildman–Crippen LogP) is 3.10. The summed E-state index contributed by atoms with van der Waals surface area (Å²) in [4.78, 5) is 35.1. The summed E-state index contributed by atoms with van der Waals surface area (Å²) in [6.07, 6.45) is 0.806. The molecular formula is C17H18N2O3S. The summed E-state index contributed by atoms with van der Waals surface area (Å²) in [5.41, 5.74) is 1.65. The number of ketones is 1. The van der Waals surface area contributed by atoms with Crippen molar-refractivity contribution >= 4 is 34.6 Å². The maximum Gasteiger partial charge on any atom is 0.252 e. The van der Waals surface area contributed by atoms with Crippen molar-refractivity contribution in [1.29, 1.82) is 0 Å². The number of benzene rings is 1. The Bertz CT molecular complexity index is 696. The van der Waals surface area contributed by atoms with Gasteiger partial charge in [-0.2, -0.15) is 11.3 Å². The summed E-state index contributed by atoms with van der Waals surface area (Å²) >= 11 is 1.46. The standard InChI is InChI=1S/C17H18N2O3S/c1-12(20)14-5-2-3-6-15(14)19-16(21)7-4-9-18-17(22)13-8-10-23-11-13/h2-3,5-6,8,10-11H,4,7,9H2,1H3,(H,18,22)(H,19,21). The molecule has 0 aliphatic rings. The van der Waals surface area contributed by atoms with Crippen LogP contribution in [0.3, 0.4) is 0 Å². The van der Waals surface area contributed by atoms with Crippen LogP contribution in [0.2, 0.25) is 0 Å². The number of nitrogens with one attached hydrogen (secondary N) is 2. The number of amides is 2. The molecule has 120 valence electrons. The molecular weight excluding hydrogens is 312 g/mol. The molecule has 0 saturated carbocycles. The maximum atomic E-state index is 11.9. The molecule has 5 nitrogen and oxygen atoms in total. The van der Waals surface area contributed by atoms with Gasteiger partial charge >= 0.3 is 0 Å². The van der Waals surface area contributed by atoms with Crippen molar-refractivity contribution in [2.45, 2.75) is 19.8 Å². The first kappa shape index (κ1) is 16.9. The first-order valence-corrected chi connectivity index (χ1v) is 8.22. The minimum Gasteiger partial charge on any atom is -0.352 e. The summed E-state index contributed by atoms with van der Waals surface area (Å²) in [7, 11) is 0. The first-order valence-electron chi connectivity index (χ1n) is 7.28. The highest BCUT2D eigenvalue weighted by Crippen LogP contribution is 2.15. The largest absolute Gasteiger partial charge is 0.352 e. The normalized spacial score (nSPS) is 10.1. The maximum absolute atomic E-state index is 11.9. The van der Waals surface area contributed by atoms with E-state index in [1.54, 1.807) is 35.7 Å². The Labute approximate surface area is 138 Å². The summed E-state index contributed by atoms with van der Waals surface area (Å²) < 4.78 is 0. The highest BCUT2D eigenvalue weighted by Gasteiger charge is 2.10. The second-order valence-corrected chi connectivity index (χ2v) is 5.80. The summed E-state index contributed by atoms with van der Waals surface area (Å²) in [6, 6.07) is 8.66. The fourth-order valence-electron chi connectivity index (χ4n) is 2.06. The molecule has 0 bridgehead atoms. The topological polar surface area (TPSA) is 75.3 Å². The third kappa shape index (κ3) is 5.03. The van der Waals surface area contributed by atoms with E-state index in [-0.39, 0.29) is 24.0 Å². The Hall–Kier alpha value is -2.47. The third-order valence-electron chi connectivity index (χ3n) is 3.23. The lowest BCUT2D eigenvalue weighted by Gasteiger charge is -2.09. The van der Waals surface area contributed by atoms with Gasteiger partial charge in [-0.15, -0.1) is 0 Å². The number of hydrogen-bond donors (Lipinski definition) is 2. The van der Waals surface area contributed by atoms with E-state index in [9.17, 15) is 14.4 Å². The Kier molecular flexibility index (Phi) is 6.05. The van der Waals surface area contributed by atoms with E-state index in [0.29, 0.717) is 29.8 Å². The van der Waals surface area contributed by atoms with Crippen LogP contribution in [-0.4, -0.2) is 24.1 Å². The molecule has 0 aliphatic heterocycles. The minimum absolute atomic E-state index is 0.0936. The lowest BCUT2D eigenvalue weighted by atomic mass is 10.1. The fraction of sp³-hybridized carbons (Fsp3) is 0.235. The van der Waals surface area contributed by atoms with Gasteiger partial charge < -0.3 is 10.6 Å². The number of thiophene rings is 1. The van der Waals surface area contributed by atoms with Gasteiger partial charge in [-0.05, 0) is 36.9 Å². The Morgan fingerprint density at radius 1 is 1.13 bits per heavy atom. The van der Waals surface area contributed by atoms with Crippen LogP contribution in [0.15, 0.2) is 41.1 Å². The van der Waals surface area contributed by atoms with Crippen LogP contribution in [0.1, 0.15) is 40.5 Å². The highest BCUT2D eigenvalue weighted by atomic mass is 32.1. The van der Waals surface area contributed by atoms with Crippen LogP contribution < -0.4 is 10.6 Å². The van der Waals surface area contributed by atoms with Crippen molar-refractivity contribution in [2.75, 3.05) is 11.9 Å². The number of rotatable bonds is 7. The molecule has 1 aromatic heterocycles. The molecule has 2 N–H and O–H groups in total. The van der Waals surface area contributed by atoms with Gasteiger partial charge in [0.05, 0.1) is 5.69 Å². The zero-order valence-electron chi connectivity index (χ0n) is 12.8. The number of carbonyl (C=O) groups excluding carboxylic acids is 3. The quantitative estimate of drug-likeness (QED) is 0.605. The van der Waals surface area contributed by atoms with E-state index < -0.39 is 0 Å².